The zero-order valence-corrected chi connectivity index (χ0v) is 13.8. The molecule has 0 aromatic heterocycles. The van der Waals surface area contributed by atoms with Gasteiger partial charge >= 0.3 is 5.97 Å². The summed E-state index contributed by atoms with van der Waals surface area (Å²) in [7, 11) is -2.87. The van der Waals surface area contributed by atoms with Crippen molar-refractivity contribution in [2.24, 2.45) is 0 Å². The maximum atomic E-state index is 14.0. The zero-order valence-electron chi connectivity index (χ0n) is 11.4. The van der Waals surface area contributed by atoms with Gasteiger partial charge in [0.25, 0.3) is 0 Å². The number of hydrogen-bond acceptors (Lipinski definition) is 4. The second-order valence-electron chi connectivity index (χ2n) is 4.73. The second-order valence-corrected chi connectivity index (χ2v) is 7.50. The van der Waals surface area contributed by atoms with Gasteiger partial charge in [-0.15, -0.1) is 0 Å². The number of methoxy groups -OCH3 is 1. The topological polar surface area (TPSA) is 63.7 Å². The van der Waals surface area contributed by atoms with Crippen LogP contribution in [0.3, 0.4) is 0 Å². The Morgan fingerprint density at radius 2 is 2.14 bits per heavy atom. The third-order valence-electron chi connectivity index (χ3n) is 3.41. The van der Waals surface area contributed by atoms with Gasteiger partial charge in [0.1, 0.15) is 16.8 Å². The lowest BCUT2D eigenvalue weighted by Crippen LogP contribution is -2.48. The maximum absolute atomic E-state index is 14.0. The van der Waals surface area contributed by atoms with Crippen molar-refractivity contribution < 1.29 is 22.3 Å². The fourth-order valence-electron chi connectivity index (χ4n) is 2.38. The first-order valence-corrected chi connectivity index (χ1v) is 8.66. The Balaban J connectivity index is 2.43. The maximum Gasteiger partial charge on any atom is 0.324 e. The van der Waals surface area contributed by atoms with Gasteiger partial charge in [0.15, 0.2) is 0 Å². The van der Waals surface area contributed by atoms with E-state index in [1.807, 2.05) is 0 Å². The number of halogens is 2. The van der Waals surface area contributed by atoms with Gasteiger partial charge in [0, 0.05) is 11.0 Å². The number of rotatable bonds is 3. The van der Waals surface area contributed by atoms with Crippen LogP contribution in [-0.2, 0) is 19.6 Å². The fourth-order valence-corrected chi connectivity index (χ4v) is 4.40. The minimum Gasteiger partial charge on any atom is -0.468 e. The molecule has 1 fully saturated rings. The fraction of sp³-hybridized carbons (Fsp3) is 0.462. The molecule has 1 saturated heterocycles. The van der Waals surface area contributed by atoms with Crippen LogP contribution in [0.5, 0.6) is 0 Å². The normalized spacial score (nSPS) is 20.2. The van der Waals surface area contributed by atoms with Crippen LogP contribution in [0.1, 0.15) is 19.3 Å². The highest BCUT2D eigenvalue weighted by Gasteiger charge is 2.39. The second kappa shape index (κ2) is 6.41. The summed E-state index contributed by atoms with van der Waals surface area (Å²) in [6.45, 7) is 0.178. The number of esters is 1. The lowest BCUT2D eigenvalue weighted by atomic mass is 10.1. The quantitative estimate of drug-likeness (QED) is 0.755. The molecule has 1 aromatic rings. The molecule has 1 aliphatic heterocycles. The number of piperidine rings is 1. The molecule has 5 nitrogen and oxygen atoms in total. The van der Waals surface area contributed by atoms with Crippen molar-refractivity contribution in [3.63, 3.8) is 0 Å². The predicted octanol–water partition coefficient (Wildman–Crippen LogP) is 2.30. The van der Waals surface area contributed by atoms with Gasteiger partial charge in [0.2, 0.25) is 10.0 Å². The summed E-state index contributed by atoms with van der Waals surface area (Å²) in [5.41, 5.74) is 0. The van der Waals surface area contributed by atoms with Crippen molar-refractivity contribution in [2.45, 2.75) is 30.2 Å². The summed E-state index contributed by atoms with van der Waals surface area (Å²) in [6, 6.07) is 2.84. The Labute approximate surface area is 131 Å². The molecular weight excluding hydrogens is 365 g/mol. The van der Waals surface area contributed by atoms with E-state index in [9.17, 15) is 17.6 Å². The average Bonchev–Trinajstić information content (AvgIpc) is 2.46. The standard InChI is InChI=1S/C13H15BrFNO4S/c1-20-13(17)11-4-2-3-7-16(11)21(18,19)12-6-5-9(14)8-10(12)15/h5-6,8,11H,2-4,7H2,1H3/t11-/m1/s1. The minimum absolute atomic E-state index is 0.178. The molecule has 0 amide bonds. The minimum atomic E-state index is -4.08. The number of nitrogens with zero attached hydrogens (tertiary/aromatic N) is 1. The molecule has 2 rings (SSSR count). The Bertz CT molecular complexity index is 650. The number of hydrogen-bond donors (Lipinski definition) is 0. The van der Waals surface area contributed by atoms with E-state index in [-0.39, 0.29) is 6.54 Å². The van der Waals surface area contributed by atoms with E-state index in [4.69, 9.17) is 0 Å². The van der Waals surface area contributed by atoms with Crippen molar-refractivity contribution >= 4 is 31.9 Å². The van der Waals surface area contributed by atoms with Crippen LogP contribution in [0, 0.1) is 5.82 Å². The predicted molar refractivity (Wildman–Crippen MR) is 77.6 cm³/mol. The molecule has 0 N–H and O–H groups in total. The van der Waals surface area contributed by atoms with Crippen LogP contribution in [0.4, 0.5) is 4.39 Å². The van der Waals surface area contributed by atoms with Crippen molar-refractivity contribution in [3.8, 4) is 0 Å². The summed E-state index contributed by atoms with van der Waals surface area (Å²) in [6.07, 6.45) is 1.74. The molecule has 21 heavy (non-hydrogen) atoms. The van der Waals surface area contributed by atoms with Crippen molar-refractivity contribution in [3.05, 3.63) is 28.5 Å². The summed E-state index contributed by atoms with van der Waals surface area (Å²) >= 11 is 3.08. The SMILES string of the molecule is COC(=O)[C@H]1CCCCN1S(=O)(=O)c1ccc(Br)cc1F. The lowest BCUT2D eigenvalue weighted by Gasteiger charge is -2.32. The van der Waals surface area contributed by atoms with Crippen LogP contribution in [0.15, 0.2) is 27.6 Å². The van der Waals surface area contributed by atoms with E-state index in [0.29, 0.717) is 17.3 Å². The molecule has 0 unspecified atom stereocenters. The van der Waals surface area contributed by atoms with Crippen LogP contribution < -0.4 is 0 Å². The lowest BCUT2D eigenvalue weighted by molar-refractivity contribution is -0.146. The summed E-state index contributed by atoms with van der Waals surface area (Å²) in [5.74, 6) is -1.46. The molecule has 0 bridgehead atoms. The van der Waals surface area contributed by atoms with Crippen LogP contribution >= 0.6 is 15.9 Å². The van der Waals surface area contributed by atoms with Gasteiger partial charge in [-0.1, -0.05) is 15.9 Å². The van der Waals surface area contributed by atoms with Gasteiger partial charge < -0.3 is 4.74 Å². The van der Waals surface area contributed by atoms with Gasteiger partial charge in [-0.05, 0) is 37.5 Å². The smallest absolute Gasteiger partial charge is 0.324 e. The molecule has 0 radical (unpaired) electrons. The molecule has 1 atom stereocenters. The Morgan fingerprint density at radius 1 is 1.43 bits per heavy atom. The van der Waals surface area contributed by atoms with E-state index in [1.54, 1.807) is 0 Å². The van der Waals surface area contributed by atoms with Gasteiger partial charge in [-0.3, -0.25) is 4.79 Å². The van der Waals surface area contributed by atoms with Crippen LogP contribution in [0.2, 0.25) is 0 Å². The third kappa shape index (κ3) is 3.27. The van der Waals surface area contributed by atoms with Crippen LogP contribution in [0.25, 0.3) is 0 Å². The Morgan fingerprint density at radius 3 is 2.76 bits per heavy atom. The monoisotopic (exact) mass is 379 g/mol. The molecule has 1 aliphatic rings. The molecular formula is C13H15BrFNO4S. The molecule has 1 aromatic carbocycles. The largest absolute Gasteiger partial charge is 0.468 e. The van der Waals surface area contributed by atoms with Crippen LogP contribution in [-0.4, -0.2) is 38.4 Å². The van der Waals surface area contributed by atoms with E-state index in [2.05, 4.69) is 20.7 Å². The number of sulfonamides is 1. The highest BCUT2D eigenvalue weighted by molar-refractivity contribution is 9.10. The highest BCUT2D eigenvalue weighted by Crippen LogP contribution is 2.28. The summed E-state index contributed by atoms with van der Waals surface area (Å²) in [5, 5.41) is 0. The first-order valence-electron chi connectivity index (χ1n) is 6.42. The molecule has 116 valence electrons. The third-order valence-corrected chi connectivity index (χ3v) is 5.84. The number of carbonyl (C=O) groups is 1. The number of carbonyl (C=O) groups excluding carboxylic acids is 1. The van der Waals surface area contributed by atoms with Gasteiger partial charge in [-0.2, -0.15) is 4.31 Å². The first-order chi connectivity index (χ1) is 9.87. The van der Waals surface area contributed by atoms with Crippen molar-refractivity contribution in [1.29, 1.82) is 0 Å². The van der Waals surface area contributed by atoms with E-state index >= 15 is 0 Å². The molecule has 0 saturated carbocycles. The average molecular weight is 380 g/mol. The van der Waals surface area contributed by atoms with E-state index in [1.165, 1.54) is 19.2 Å². The summed E-state index contributed by atoms with van der Waals surface area (Å²) in [4.78, 5) is 11.3. The highest BCUT2D eigenvalue weighted by atomic mass is 79.9. The molecule has 0 spiro atoms. The zero-order chi connectivity index (χ0) is 15.6. The Hall–Kier alpha value is -0.990. The Kier molecular flexibility index (Phi) is 5.00. The summed E-state index contributed by atoms with van der Waals surface area (Å²) < 4.78 is 45.3. The first kappa shape index (κ1) is 16.4. The number of ether oxygens (including phenoxy) is 1. The van der Waals surface area contributed by atoms with Gasteiger partial charge in [-0.25, -0.2) is 12.8 Å². The molecule has 1 heterocycles. The number of benzene rings is 1. The molecule has 8 heteroatoms. The van der Waals surface area contributed by atoms with E-state index < -0.39 is 32.7 Å². The van der Waals surface area contributed by atoms with Crippen molar-refractivity contribution in [2.75, 3.05) is 13.7 Å². The van der Waals surface area contributed by atoms with E-state index in [0.717, 1.165) is 16.8 Å². The molecule has 0 aliphatic carbocycles. The van der Waals surface area contributed by atoms with Crippen molar-refractivity contribution in [1.82, 2.24) is 4.31 Å². The van der Waals surface area contributed by atoms with Gasteiger partial charge in [0.05, 0.1) is 7.11 Å².